The van der Waals surface area contributed by atoms with Gasteiger partial charge in [0.05, 0.1) is 28.1 Å². The van der Waals surface area contributed by atoms with Gasteiger partial charge in [-0.2, -0.15) is 0 Å². The Balaban J connectivity index is 1.44. The second-order valence-corrected chi connectivity index (χ2v) is 8.44. The Labute approximate surface area is 198 Å². The fourth-order valence-corrected chi connectivity index (χ4v) is 4.03. The molecule has 3 amide bonds. The normalized spacial score (nSPS) is 12.5. The lowest BCUT2D eigenvalue weighted by Crippen LogP contribution is -2.29. The monoisotopic (exact) mass is 506 g/mol. The lowest BCUT2D eigenvalue weighted by molar-refractivity contribution is -0.119. The van der Waals surface area contributed by atoms with Crippen molar-refractivity contribution in [3.8, 4) is 0 Å². The van der Waals surface area contributed by atoms with Crippen molar-refractivity contribution >= 4 is 51.0 Å². The van der Waals surface area contributed by atoms with Crippen LogP contribution in [0.3, 0.4) is 0 Å². The minimum absolute atomic E-state index is 0.115. The molecule has 0 fully saturated rings. The first-order valence-electron chi connectivity index (χ1n) is 10.1. The molecular formula is C25H19BrN2O5. The molecule has 0 aliphatic carbocycles. The summed E-state index contributed by atoms with van der Waals surface area (Å²) in [7, 11) is 0. The Morgan fingerprint density at radius 2 is 1.55 bits per heavy atom. The molecule has 1 N–H and O–H groups in total. The maximum Gasteiger partial charge on any atom is 0.338 e. The minimum atomic E-state index is -0.747. The molecule has 8 heteroatoms. The first-order chi connectivity index (χ1) is 15.8. The molecule has 1 aliphatic rings. The van der Waals surface area contributed by atoms with Gasteiger partial charge in [-0.3, -0.25) is 14.4 Å². The summed E-state index contributed by atoms with van der Waals surface area (Å²) in [5, 5.41) is 2.70. The first-order valence-corrected chi connectivity index (χ1v) is 10.9. The van der Waals surface area contributed by atoms with E-state index in [1.54, 1.807) is 36.4 Å². The van der Waals surface area contributed by atoms with Gasteiger partial charge in [-0.05, 0) is 83.4 Å². The lowest BCUT2D eigenvalue weighted by Gasteiger charge is -2.15. The van der Waals surface area contributed by atoms with Crippen LogP contribution in [0.2, 0.25) is 0 Å². The predicted octanol–water partition coefficient (Wildman–Crippen LogP) is 4.66. The summed E-state index contributed by atoms with van der Waals surface area (Å²) in [6.45, 7) is 3.40. The summed E-state index contributed by atoms with van der Waals surface area (Å²) in [4.78, 5) is 51.2. The number of imide groups is 1. The van der Waals surface area contributed by atoms with Crippen LogP contribution in [0.1, 0.15) is 42.2 Å². The number of benzene rings is 3. The zero-order valence-corrected chi connectivity index (χ0v) is 19.4. The highest BCUT2D eigenvalue weighted by Crippen LogP contribution is 2.29. The number of ether oxygens (including phenoxy) is 1. The molecule has 7 nitrogen and oxygen atoms in total. The number of halogens is 1. The second-order valence-electron chi connectivity index (χ2n) is 7.58. The summed E-state index contributed by atoms with van der Waals surface area (Å²) in [6.07, 6.45) is 0. The smallest absolute Gasteiger partial charge is 0.338 e. The van der Waals surface area contributed by atoms with Crippen LogP contribution in [-0.4, -0.2) is 30.3 Å². The van der Waals surface area contributed by atoms with Crippen LogP contribution < -0.4 is 10.2 Å². The van der Waals surface area contributed by atoms with Gasteiger partial charge < -0.3 is 10.1 Å². The van der Waals surface area contributed by atoms with E-state index in [1.807, 2.05) is 26.0 Å². The number of amides is 3. The number of hydrogen-bond donors (Lipinski definition) is 1. The van der Waals surface area contributed by atoms with Gasteiger partial charge in [-0.25, -0.2) is 9.69 Å². The number of aryl methyl sites for hydroxylation is 2. The van der Waals surface area contributed by atoms with Gasteiger partial charge in [0.2, 0.25) is 0 Å². The number of hydrogen-bond acceptors (Lipinski definition) is 5. The number of rotatable bonds is 5. The van der Waals surface area contributed by atoms with Crippen molar-refractivity contribution in [3.63, 3.8) is 0 Å². The van der Waals surface area contributed by atoms with Crippen LogP contribution in [0.25, 0.3) is 0 Å². The van der Waals surface area contributed by atoms with Gasteiger partial charge >= 0.3 is 5.97 Å². The highest BCUT2D eigenvalue weighted by Gasteiger charge is 2.36. The maximum absolute atomic E-state index is 12.7. The Kier molecular flexibility index (Phi) is 6.11. The van der Waals surface area contributed by atoms with E-state index in [0.29, 0.717) is 16.8 Å². The molecule has 3 aromatic rings. The largest absolute Gasteiger partial charge is 0.452 e. The van der Waals surface area contributed by atoms with Gasteiger partial charge in [0.15, 0.2) is 6.61 Å². The molecule has 0 saturated carbocycles. The maximum atomic E-state index is 12.7. The fourth-order valence-electron chi connectivity index (χ4n) is 3.47. The van der Waals surface area contributed by atoms with E-state index in [0.717, 1.165) is 20.5 Å². The second kappa shape index (κ2) is 8.99. The van der Waals surface area contributed by atoms with Crippen molar-refractivity contribution < 1.29 is 23.9 Å². The van der Waals surface area contributed by atoms with Crippen molar-refractivity contribution in [1.82, 2.24) is 0 Å². The molecule has 4 rings (SSSR count). The number of anilines is 2. The number of fused-ring (bicyclic) bond motifs is 1. The lowest BCUT2D eigenvalue weighted by atomic mass is 10.1. The molecule has 166 valence electrons. The third-order valence-corrected chi connectivity index (χ3v) is 5.98. The number of carbonyl (C=O) groups is 4. The van der Waals surface area contributed by atoms with Gasteiger partial charge in [-0.1, -0.05) is 18.2 Å². The molecule has 1 heterocycles. The number of nitrogens with zero attached hydrogens (tertiary/aromatic N) is 1. The molecule has 0 atom stereocenters. The molecule has 0 unspecified atom stereocenters. The van der Waals surface area contributed by atoms with Crippen LogP contribution in [0.5, 0.6) is 0 Å². The first kappa shape index (κ1) is 22.4. The van der Waals surface area contributed by atoms with Gasteiger partial charge in [-0.15, -0.1) is 0 Å². The summed E-state index contributed by atoms with van der Waals surface area (Å²) >= 11 is 3.41. The topological polar surface area (TPSA) is 92.8 Å². The van der Waals surface area contributed by atoms with Crippen LogP contribution in [0, 0.1) is 13.8 Å². The Morgan fingerprint density at radius 3 is 2.21 bits per heavy atom. The number of carbonyl (C=O) groups excluding carboxylic acids is 4. The van der Waals surface area contributed by atoms with E-state index in [9.17, 15) is 19.2 Å². The van der Waals surface area contributed by atoms with Gasteiger partial charge in [0.25, 0.3) is 17.7 Å². The van der Waals surface area contributed by atoms with E-state index >= 15 is 0 Å². The summed E-state index contributed by atoms with van der Waals surface area (Å²) in [6, 6.07) is 16.2. The van der Waals surface area contributed by atoms with Gasteiger partial charge in [0.1, 0.15) is 0 Å². The minimum Gasteiger partial charge on any atom is -0.452 e. The molecule has 0 radical (unpaired) electrons. The van der Waals surface area contributed by atoms with E-state index in [2.05, 4.69) is 21.2 Å². The number of nitrogens with one attached hydrogen (secondary N) is 1. The molecule has 0 aromatic heterocycles. The average Bonchev–Trinajstić information content (AvgIpc) is 3.06. The van der Waals surface area contributed by atoms with Crippen LogP contribution in [0.15, 0.2) is 65.1 Å². The van der Waals surface area contributed by atoms with E-state index in [1.165, 1.54) is 12.1 Å². The van der Waals surface area contributed by atoms with Crippen molar-refractivity contribution in [2.24, 2.45) is 0 Å². The van der Waals surface area contributed by atoms with E-state index in [-0.39, 0.29) is 11.3 Å². The highest BCUT2D eigenvalue weighted by atomic mass is 79.9. The van der Waals surface area contributed by atoms with E-state index < -0.39 is 30.3 Å². The van der Waals surface area contributed by atoms with Gasteiger partial charge in [0, 0.05) is 4.47 Å². The zero-order valence-electron chi connectivity index (χ0n) is 17.8. The molecule has 0 bridgehead atoms. The third kappa shape index (κ3) is 4.42. The molecule has 0 saturated heterocycles. The number of esters is 1. The summed E-state index contributed by atoms with van der Waals surface area (Å²) < 4.78 is 5.86. The summed E-state index contributed by atoms with van der Waals surface area (Å²) in [5.74, 6) is -2.16. The van der Waals surface area contributed by atoms with Crippen molar-refractivity contribution in [2.45, 2.75) is 13.8 Å². The van der Waals surface area contributed by atoms with Crippen LogP contribution >= 0.6 is 15.9 Å². The van der Waals surface area contributed by atoms with Crippen molar-refractivity contribution in [3.05, 3.63) is 93.0 Å². The Bertz CT molecular complexity index is 1280. The van der Waals surface area contributed by atoms with Crippen molar-refractivity contribution in [2.75, 3.05) is 16.8 Å². The molecule has 3 aromatic carbocycles. The third-order valence-electron chi connectivity index (χ3n) is 5.33. The molecule has 33 heavy (non-hydrogen) atoms. The van der Waals surface area contributed by atoms with Crippen LogP contribution in [0.4, 0.5) is 11.4 Å². The standard InChI is InChI=1S/C25H19BrN2O5/c1-14-10-20(26)21(11-15(14)2)27-22(29)13-33-25(32)16-6-5-7-17(12-16)28-23(30)18-8-3-4-9-19(18)24(28)31/h3-12H,13H2,1-2H3,(H,27,29). The molecular weight excluding hydrogens is 488 g/mol. The Morgan fingerprint density at radius 1 is 0.909 bits per heavy atom. The van der Waals surface area contributed by atoms with Crippen LogP contribution in [-0.2, 0) is 9.53 Å². The van der Waals surface area contributed by atoms with Crippen molar-refractivity contribution in [1.29, 1.82) is 0 Å². The fraction of sp³-hybridized carbons (Fsp3) is 0.120. The Hall–Kier alpha value is -3.78. The zero-order chi connectivity index (χ0) is 23.7. The SMILES string of the molecule is Cc1cc(Br)c(NC(=O)COC(=O)c2cccc(N3C(=O)c4ccccc4C3=O)c2)cc1C. The highest BCUT2D eigenvalue weighted by molar-refractivity contribution is 9.10. The molecule has 0 spiro atoms. The quantitative estimate of drug-likeness (QED) is 0.401. The van der Waals surface area contributed by atoms with E-state index in [4.69, 9.17) is 4.74 Å². The molecule has 1 aliphatic heterocycles. The average molecular weight is 507 g/mol. The predicted molar refractivity (Wildman–Crippen MR) is 127 cm³/mol. The summed E-state index contributed by atoms with van der Waals surface area (Å²) in [5.41, 5.74) is 3.64.